The van der Waals surface area contributed by atoms with Gasteiger partial charge in [0, 0.05) is 37.0 Å². The lowest BCUT2D eigenvalue weighted by Crippen LogP contribution is -2.37. The van der Waals surface area contributed by atoms with E-state index in [9.17, 15) is 8.42 Å². The minimum absolute atomic E-state index is 0.0458. The van der Waals surface area contributed by atoms with Gasteiger partial charge in [0.1, 0.15) is 0 Å². The van der Waals surface area contributed by atoms with Crippen molar-refractivity contribution in [2.75, 3.05) is 12.3 Å². The molecule has 1 aliphatic rings. The largest absolute Gasteiger partial charge is 0.334 e. The summed E-state index contributed by atoms with van der Waals surface area (Å²) in [5, 5.41) is 4.00. The Bertz CT molecular complexity index is 761. The molecule has 0 bridgehead atoms. The normalized spacial score (nSPS) is 19.0. The zero-order valence-corrected chi connectivity index (χ0v) is 14.6. The molecule has 130 valence electrons. The third-order valence-electron chi connectivity index (χ3n) is 4.24. The fourth-order valence-electron chi connectivity index (χ4n) is 3.10. The first-order valence-electron chi connectivity index (χ1n) is 8.32. The number of hydrogen-bond acceptors (Lipinski definition) is 6. The SMILES string of the molecule is CCCS(=O)(=O)N1CCCC1CCc1noc(-c2ccncc2)n1. The van der Waals surface area contributed by atoms with Crippen molar-refractivity contribution in [1.82, 2.24) is 19.4 Å². The highest BCUT2D eigenvalue weighted by atomic mass is 32.2. The van der Waals surface area contributed by atoms with E-state index in [1.54, 1.807) is 16.7 Å². The summed E-state index contributed by atoms with van der Waals surface area (Å²) >= 11 is 0. The van der Waals surface area contributed by atoms with Crippen LogP contribution in [0.25, 0.3) is 11.5 Å². The fourth-order valence-corrected chi connectivity index (χ4v) is 4.92. The zero-order valence-electron chi connectivity index (χ0n) is 13.8. The van der Waals surface area contributed by atoms with Crippen LogP contribution in [-0.2, 0) is 16.4 Å². The molecular formula is C16H22N4O3S. The molecule has 8 heteroatoms. The van der Waals surface area contributed by atoms with Gasteiger partial charge in [-0.05, 0) is 37.8 Å². The molecule has 0 saturated carbocycles. The summed E-state index contributed by atoms with van der Waals surface area (Å²) in [7, 11) is -3.14. The van der Waals surface area contributed by atoms with E-state index in [-0.39, 0.29) is 11.8 Å². The Morgan fingerprint density at radius 1 is 1.33 bits per heavy atom. The lowest BCUT2D eigenvalue weighted by atomic mass is 10.1. The summed E-state index contributed by atoms with van der Waals surface area (Å²) in [4.78, 5) is 8.35. The topological polar surface area (TPSA) is 89.2 Å². The Morgan fingerprint density at radius 2 is 2.12 bits per heavy atom. The van der Waals surface area contributed by atoms with Gasteiger partial charge in [0.2, 0.25) is 10.0 Å². The minimum Gasteiger partial charge on any atom is -0.334 e. The molecule has 0 aliphatic carbocycles. The van der Waals surface area contributed by atoms with Gasteiger partial charge in [-0.25, -0.2) is 8.42 Å². The lowest BCUT2D eigenvalue weighted by Gasteiger charge is -2.23. The highest BCUT2D eigenvalue weighted by Gasteiger charge is 2.33. The van der Waals surface area contributed by atoms with E-state index in [0.29, 0.717) is 31.1 Å². The van der Waals surface area contributed by atoms with Gasteiger partial charge in [0.15, 0.2) is 5.82 Å². The summed E-state index contributed by atoms with van der Waals surface area (Å²) in [5.74, 6) is 1.30. The molecule has 0 amide bonds. The predicted octanol–water partition coefficient (Wildman–Crippen LogP) is 2.27. The summed E-state index contributed by atoms with van der Waals surface area (Å²) in [6, 6.07) is 3.67. The smallest absolute Gasteiger partial charge is 0.258 e. The third-order valence-corrected chi connectivity index (χ3v) is 6.36. The molecule has 1 atom stereocenters. The summed E-state index contributed by atoms with van der Waals surface area (Å²) in [6.07, 6.45) is 7.14. The van der Waals surface area contributed by atoms with E-state index >= 15 is 0 Å². The van der Waals surface area contributed by atoms with Crippen LogP contribution in [0.4, 0.5) is 0 Å². The number of rotatable bonds is 7. The van der Waals surface area contributed by atoms with Crippen LogP contribution in [0, 0.1) is 0 Å². The molecule has 24 heavy (non-hydrogen) atoms. The van der Waals surface area contributed by atoms with E-state index in [4.69, 9.17) is 4.52 Å². The Balaban J connectivity index is 1.63. The van der Waals surface area contributed by atoms with Crippen LogP contribution >= 0.6 is 0 Å². The Morgan fingerprint density at radius 3 is 2.88 bits per heavy atom. The average Bonchev–Trinajstić information content (AvgIpc) is 3.23. The highest BCUT2D eigenvalue weighted by Crippen LogP contribution is 2.25. The number of sulfonamides is 1. The van der Waals surface area contributed by atoms with Crippen LogP contribution in [0.1, 0.15) is 38.4 Å². The molecule has 7 nitrogen and oxygen atoms in total. The maximum atomic E-state index is 12.3. The maximum absolute atomic E-state index is 12.3. The first-order chi connectivity index (χ1) is 11.6. The summed E-state index contributed by atoms with van der Waals surface area (Å²) in [5.41, 5.74) is 0.830. The van der Waals surface area contributed by atoms with Gasteiger partial charge in [-0.3, -0.25) is 4.98 Å². The monoisotopic (exact) mass is 350 g/mol. The van der Waals surface area contributed by atoms with Crippen molar-refractivity contribution < 1.29 is 12.9 Å². The van der Waals surface area contributed by atoms with Crippen molar-refractivity contribution in [2.24, 2.45) is 0 Å². The maximum Gasteiger partial charge on any atom is 0.258 e. The Kier molecular flexibility index (Phi) is 5.25. The third kappa shape index (κ3) is 3.81. The number of nitrogens with zero attached hydrogens (tertiary/aromatic N) is 4. The molecule has 0 N–H and O–H groups in total. The number of aryl methyl sites for hydroxylation is 1. The summed E-state index contributed by atoms with van der Waals surface area (Å²) in [6.45, 7) is 2.52. The molecule has 1 fully saturated rings. The Labute approximate surface area is 142 Å². The van der Waals surface area contributed by atoms with Crippen molar-refractivity contribution in [3.63, 3.8) is 0 Å². The molecule has 1 saturated heterocycles. The van der Waals surface area contributed by atoms with Crippen LogP contribution in [0.2, 0.25) is 0 Å². The van der Waals surface area contributed by atoms with Crippen LogP contribution in [0.3, 0.4) is 0 Å². The van der Waals surface area contributed by atoms with Crippen LogP contribution in [-0.4, -0.2) is 46.2 Å². The van der Waals surface area contributed by atoms with Gasteiger partial charge in [0.25, 0.3) is 5.89 Å². The molecular weight excluding hydrogens is 328 g/mol. The first-order valence-corrected chi connectivity index (χ1v) is 9.93. The molecule has 3 rings (SSSR count). The number of pyridine rings is 1. The Hall–Kier alpha value is -1.80. The minimum atomic E-state index is -3.14. The van der Waals surface area contributed by atoms with Gasteiger partial charge in [-0.2, -0.15) is 9.29 Å². The van der Waals surface area contributed by atoms with E-state index in [1.165, 1.54) is 0 Å². The summed E-state index contributed by atoms with van der Waals surface area (Å²) < 4.78 is 31.6. The van der Waals surface area contributed by atoms with Crippen LogP contribution in [0.5, 0.6) is 0 Å². The van der Waals surface area contributed by atoms with Gasteiger partial charge in [-0.1, -0.05) is 12.1 Å². The second-order valence-electron chi connectivity index (χ2n) is 6.01. The molecule has 0 aromatic carbocycles. The van der Waals surface area contributed by atoms with E-state index in [2.05, 4.69) is 15.1 Å². The molecule has 1 unspecified atom stereocenters. The van der Waals surface area contributed by atoms with Crippen molar-refractivity contribution in [1.29, 1.82) is 0 Å². The standard InChI is InChI=1S/C16H22N4O3S/c1-2-12-24(21,22)20-11-3-4-14(20)5-6-15-18-16(23-19-15)13-7-9-17-10-8-13/h7-10,14H,2-6,11-12H2,1H3. The van der Waals surface area contributed by atoms with E-state index in [1.807, 2.05) is 19.1 Å². The van der Waals surface area contributed by atoms with Gasteiger partial charge >= 0.3 is 0 Å². The van der Waals surface area contributed by atoms with Crippen LogP contribution in [0.15, 0.2) is 29.0 Å². The zero-order chi connectivity index (χ0) is 17.0. The molecule has 2 aromatic heterocycles. The molecule has 2 aromatic rings. The fraction of sp³-hybridized carbons (Fsp3) is 0.562. The molecule has 0 radical (unpaired) electrons. The van der Waals surface area contributed by atoms with Gasteiger partial charge in [0.05, 0.1) is 5.75 Å². The first kappa shape index (κ1) is 17.0. The van der Waals surface area contributed by atoms with Crippen LogP contribution < -0.4 is 0 Å². The van der Waals surface area contributed by atoms with Crippen molar-refractivity contribution in [2.45, 2.75) is 45.1 Å². The van der Waals surface area contributed by atoms with Crippen molar-refractivity contribution in [3.8, 4) is 11.5 Å². The highest BCUT2D eigenvalue weighted by molar-refractivity contribution is 7.89. The number of hydrogen-bond donors (Lipinski definition) is 0. The molecule has 0 spiro atoms. The average molecular weight is 350 g/mol. The van der Waals surface area contributed by atoms with Gasteiger partial charge in [-0.15, -0.1) is 0 Å². The second kappa shape index (κ2) is 7.40. The van der Waals surface area contributed by atoms with Gasteiger partial charge < -0.3 is 4.52 Å². The number of aromatic nitrogens is 3. The van der Waals surface area contributed by atoms with E-state index in [0.717, 1.165) is 24.8 Å². The predicted molar refractivity (Wildman–Crippen MR) is 89.7 cm³/mol. The lowest BCUT2D eigenvalue weighted by molar-refractivity contribution is 0.364. The van der Waals surface area contributed by atoms with Crippen molar-refractivity contribution >= 4 is 10.0 Å². The molecule has 3 heterocycles. The second-order valence-corrected chi connectivity index (χ2v) is 8.05. The quantitative estimate of drug-likeness (QED) is 0.761. The van der Waals surface area contributed by atoms with E-state index < -0.39 is 10.0 Å². The molecule has 1 aliphatic heterocycles. The van der Waals surface area contributed by atoms with Crippen molar-refractivity contribution in [3.05, 3.63) is 30.4 Å².